The Kier molecular flexibility index (Phi) is 8.17. The largest absolute Gasteiger partial charge is 0.462 e. The fourth-order valence-electron chi connectivity index (χ4n) is 1.20. The van der Waals surface area contributed by atoms with Crippen LogP contribution in [-0.2, 0) is 9.53 Å². The van der Waals surface area contributed by atoms with Crippen LogP contribution >= 0.6 is 0 Å². The molecule has 0 aliphatic heterocycles. The molecule has 0 aromatic heterocycles. The van der Waals surface area contributed by atoms with Crippen molar-refractivity contribution in [2.75, 3.05) is 26.2 Å². The summed E-state index contributed by atoms with van der Waals surface area (Å²) in [5.41, 5.74) is 0.439. The molecule has 0 bridgehead atoms. The number of nitrogens with zero attached hydrogens (tertiary/aromatic N) is 1. The Bertz CT molecular complexity index is 249. The Morgan fingerprint density at radius 1 is 1.31 bits per heavy atom. The third-order valence-corrected chi connectivity index (χ3v) is 1.97. The molecule has 0 saturated carbocycles. The molecule has 0 aliphatic rings. The van der Waals surface area contributed by atoms with Crippen LogP contribution in [0.15, 0.2) is 37.5 Å². The normalized spacial score (nSPS) is 9.88. The molecule has 0 heterocycles. The minimum atomic E-state index is -0.320. The lowest BCUT2D eigenvalue weighted by molar-refractivity contribution is -0.139. The topological polar surface area (TPSA) is 29.5 Å². The molecule has 0 aromatic carbocycles. The molecule has 0 aliphatic carbocycles. The molecule has 0 spiro atoms. The molecule has 0 fully saturated rings. The number of esters is 1. The summed E-state index contributed by atoms with van der Waals surface area (Å²) in [5, 5.41) is 0. The maximum absolute atomic E-state index is 11.1. The maximum Gasteiger partial charge on any atom is 0.333 e. The second kappa shape index (κ2) is 8.92. The molecule has 0 amide bonds. The first kappa shape index (κ1) is 14.6. The van der Waals surface area contributed by atoms with Gasteiger partial charge >= 0.3 is 5.97 Å². The summed E-state index contributed by atoms with van der Waals surface area (Å²) < 4.78 is 4.99. The highest BCUT2D eigenvalue weighted by Crippen LogP contribution is 1.96. The van der Waals surface area contributed by atoms with Gasteiger partial charge in [0.2, 0.25) is 0 Å². The summed E-state index contributed by atoms with van der Waals surface area (Å²) in [6, 6.07) is 0. The van der Waals surface area contributed by atoms with E-state index in [0.717, 1.165) is 26.1 Å². The molecule has 3 nitrogen and oxygen atoms in total. The van der Waals surface area contributed by atoms with E-state index in [1.54, 1.807) is 6.92 Å². The van der Waals surface area contributed by atoms with Gasteiger partial charge in [0.05, 0.1) is 6.61 Å². The Morgan fingerprint density at radius 2 is 1.88 bits per heavy atom. The number of rotatable bonds is 9. The Balaban J connectivity index is 3.68. The highest BCUT2D eigenvalue weighted by Gasteiger charge is 2.04. The Labute approximate surface area is 98.1 Å². The van der Waals surface area contributed by atoms with Crippen molar-refractivity contribution in [1.29, 1.82) is 0 Å². The lowest BCUT2D eigenvalue weighted by atomic mass is 10.3. The quantitative estimate of drug-likeness (QED) is 0.260. The second-order valence-electron chi connectivity index (χ2n) is 3.61. The molecule has 90 valence electrons. The molecule has 0 atom stereocenters. The highest BCUT2D eigenvalue weighted by atomic mass is 16.5. The molecule has 16 heavy (non-hydrogen) atoms. The van der Waals surface area contributed by atoms with Gasteiger partial charge in [0.15, 0.2) is 0 Å². The number of hydrogen-bond donors (Lipinski definition) is 0. The molecular formula is C13H21NO2. The van der Waals surface area contributed by atoms with Crippen molar-refractivity contribution in [2.24, 2.45) is 0 Å². The first-order chi connectivity index (χ1) is 7.61. The second-order valence-corrected chi connectivity index (χ2v) is 3.61. The predicted molar refractivity (Wildman–Crippen MR) is 67.2 cm³/mol. The third kappa shape index (κ3) is 7.01. The SMILES string of the molecule is C=CCN(CC=C)CCCOC(=O)C(=C)C. The van der Waals surface area contributed by atoms with E-state index >= 15 is 0 Å². The van der Waals surface area contributed by atoms with Gasteiger partial charge in [-0.2, -0.15) is 0 Å². The standard InChI is InChI=1S/C13H21NO2/c1-5-8-14(9-6-2)10-7-11-16-13(15)12(3)4/h5-6H,1-3,7-11H2,4H3. The fraction of sp³-hybridized carbons (Fsp3) is 0.462. The van der Waals surface area contributed by atoms with Crippen molar-refractivity contribution in [3.05, 3.63) is 37.5 Å². The van der Waals surface area contributed by atoms with Gasteiger partial charge in [-0.3, -0.25) is 4.90 Å². The van der Waals surface area contributed by atoms with Crippen LogP contribution in [0.4, 0.5) is 0 Å². The van der Waals surface area contributed by atoms with Gasteiger partial charge < -0.3 is 4.74 Å². The molecule has 3 heteroatoms. The zero-order chi connectivity index (χ0) is 12.4. The van der Waals surface area contributed by atoms with Gasteiger partial charge in [0.25, 0.3) is 0 Å². The summed E-state index contributed by atoms with van der Waals surface area (Å²) in [5.74, 6) is -0.320. The summed E-state index contributed by atoms with van der Waals surface area (Å²) in [7, 11) is 0. The lowest BCUT2D eigenvalue weighted by Gasteiger charge is -2.18. The fourth-order valence-corrected chi connectivity index (χ4v) is 1.20. The van der Waals surface area contributed by atoms with Crippen LogP contribution in [0.1, 0.15) is 13.3 Å². The van der Waals surface area contributed by atoms with Gasteiger partial charge in [-0.05, 0) is 13.3 Å². The highest BCUT2D eigenvalue weighted by molar-refractivity contribution is 5.86. The van der Waals surface area contributed by atoms with Crippen LogP contribution in [0.25, 0.3) is 0 Å². The van der Waals surface area contributed by atoms with Crippen LogP contribution in [0.3, 0.4) is 0 Å². The van der Waals surface area contributed by atoms with E-state index in [0.29, 0.717) is 12.2 Å². The van der Waals surface area contributed by atoms with E-state index in [9.17, 15) is 4.79 Å². The summed E-state index contributed by atoms with van der Waals surface area (Å²) in [6.45, 7) is 15.5. The molecular weight excluding hydrogens is 202 g/mol. The zero-order valence-electron chi connectivity index (χ0n) is 10.1. The van der Waals surface area contributed by atoms with Crippen molar-refractivity contribution in [3.8, 4) is 0 Å². The molecule has 0 rings (SSSR count). The van der Waals surface area contributed by atoms with Crippen LogP contribution in [-0.4, -0.2) is 37.1 Å². The van der Waals surface area contributed by atoms with Gasteiger partial charge in [-0.25, -0.2) is 4.79 Å². The van der Waals surface area contributed by atoms with E-state index < -0.39 is 0 Å². The van der Waals surface area contributed by atoms with Gasteiger partial charge in [0, 0.05) is 25.2 Å². The molecule has 0 saturated heterocycles. The number of hydrogen-bond acceptors (Lipinski definition) is 3. The number of carbonyl (C=O) groups excluding carboxylic acids is 1. The molecule has 0 N–H and O–H groups in total. The van der Waals surface area contributed by atoms with Crippen LogP contribution in [0.2, 0.25) is 0 Å². The van der Waals surface area contributed by atoms with E-state index in [1.807, 2.05) is 12.2 Å². The van der Waals surface area contributed by atoms with Crippen LogP contribution in [0, 0.1) is 0 Å². The molecule has 0 aromatic rings. The van der Waals surface area contributed by atoms with Gasteiger partial charge in [-0.1, -0.05) is 18.7 Å². The van der Waals surface area contributed by atoms with E-state index in [2.05, 4.69) is 24.6 Å². The van der Waals surface area contributed by atoms with Gasteiger partial charge in [0.1, 0.15) is 0 Å². The first-order valence-electron chi connectivity index (χ1n) is 5.38. The van der Waals surface area contributed by atoms with Crippen LogP contribution < -0.4 is 0 Å². The average Bonchev–Trinajstić information content (AvgIpc) is 2.24. The number of ether oxygens (including phenoxy) is 1. The lowest BCUT2D eigenvalue weighted by Crippen LogP contribution is -2.26. The van der Waals surface area contributed by atoms with Crippen molar-refractivity contribution < 1.29 is 9.53 Å². The van der Waals surface area contributed by atoms with E-state index in [-0.39, 0.29) is 5.97 Å². The minimum absolute atomic E-state index is 0.320. The third-order valence-electron chi connectivity index (χ3n) is 1.97. The maximum atomic E-state index is 11.1. The van der Waals surface area contributed by atoms with E-state index in [1.165, 1.54) is 0 Å². The minimum Gasteiger partial charge on any atom is -0.462 e. The Hall–Kier alpha value is -1.35. The summed E-state index contributed by atoms with van der Waals surface area (Å²) >= 11 is 0. The van der Waals surface area contributed by atoms with E-state index in [4.69, 9.17) is 4.74 Å². The van der Waals surface area contributed by atoms with Crippen molar-refractivity contribution in [3.63, 3.8) is 0 Å². The van der Waals surface area contributed by atoms with Crippen molar-refractivity contribution in [1.82, 2.24) is 4.90 Å². The zero-order valence-corrected chi connectivity index (χ0v) is 10.1. The van der Waals surface area contributed by atoms with Crippen molar-refractivity contribution >= 4 is 5.97 Å². The van der Waals surface area contributed by atoms with Crippen molar-refractivity contribution in [2.45, 2.75) is 13.3 Å². The Morgan fingerprint density at radius 3 is 2.31 bits per heavy atom. The monoisotopic (exact) mass is 223 g/mol. The number of carbonyl (C=O) groups is 1. The predicted octanol–water partition coefficient (Wildman–Crippen LogP) is 2.17. The average molecular weight is 223 g/mol. The van der Waals surface area contributed by atoms with Crippen LogP contribution in [0.5, 0.6) is 0 Å². The smallest absolute Gasteiger partial charge is 0.333 e. The molecule has 0 unspecified atom stereocenters. The first-order valence-corrected chi connectivity index (χ1v) is 5.38. The van der Waals surface area contributed by atoms with Gasteiger partial charge in [-0.15, -0.1) is 13.2 Å². The summed E-state index contributed by atoms with van der Waals surface area (Å²) in [4.78, 5) is 13.2. The molecule has 0 radical (unpaired) electrons. The summed E-state index contributed by atoms with van der Waals surface area (Å²) in [6.07, 6.45) is 4.51.